The summed E-state index contributed by atoms with van der Waals surface area (Å²) in [6, 6.07) is 7.52. The van der Waals surface area contributed by atoms with Crippen LogP contribution >= 0.6 is 0 Å². The zero-order chi connectivity index (χ0) is 13.8. The summed E-state index contributed by atoms with van der Waals surface area (Å²) in [5, 5.41) is 16.3. The number of aromatic amines is 2. The number of nitrogens with zero attached hydrogens (tertiary/aromatic N) is 4. The van der Waals surface area contributed by atoms with Crippen LogP contribution in [0.5, 0.6) is 0 Å². The van der Waals surface area contributed by atoms with Gasteiger partial charge in [0.1, 0.15) is 0 Å². The Morgan fingerprint density at radius 1 is 1.30 bits per heavy atom. The third-order valence-corrected chi connectivity index (χ3v) is 2.86. The molecule has 0 bridgehead atoms. The molecule has 0 aliphatic heterocycles. The van der Waals surface area contributed by atoms with Gasteiger partial charge in [0, 0.05) is 13.0 Å². The highest BCUT2D eigenvalue weighted by atomic mass is 16.2. The molecule has 8 heteroatoms. The summed E-state index contributed by atoms with van der Waals surface area (Å²) in [4.78, 5) is 19.1. The number of para-hydroxylation sites is 2. The van der Waals surface area contributed by atoms with Gasteiger partial charge in [-0.25, -0.2) is 4.98 Å². The van der Waals surface area contributed by atoms with Gasteiger partial charge in [-0.05, 0) is 18.6 Å². The SMILES string of the molecule is O=C(NCCCc1nn[nH]n1)c1nc2ccccc2[nH]1. The Morgan fingerprint density at radius 2 is 2.20 bits per heavy atom. The van der Waals surface area contributed by atoms with E-state index in [-0.39, 0.29) is 5.91 Å². The van der Waals surface area contributed by atoms with Gasteiger partial charge in [-0.15, -0.1) is 10.2 Å². The number of tetrazole rings is 1. The van der Waals surface area contributed by atoms with Crippen LogP contribution in [0.3, 0.4) is 0 Å². The monoisotopic (exact) mass is 271 g/mol. The summed E-state index contributed by atoms with van der Waals surface area (Å²) in [5.74, 6) is 0.753. The molecule has 2 heterocycles. The molecule has 0 aliphatic rings. The lowest BCUT2D eigenvalue weighted by Crippen LogP contribution is -2.25. The number of benzene rings is 1. The van der Waals surface area contributed by atoms with Crippen molar-refractivity contribution in [3.05, 3.63) is 35.9 Å². The van der Waals surface area contributed by atoms with Crippen molar-refractivity contribution in [2.45, 2.75) is 12.8 Å². The third kappa shape index (κ3) is 2.63. The zero-order valence-electron chi connectivity index (χ0n) is 10.6. The van der Waals surface area contributed by atoms with Gasteiger partial charge in [-0.2, -0.15) is 5.21 Å². The lowest BCUT2D eigenvalue weighted by molar-refractivity contribution is 0.0944. The van der Waals surface area contributed by atoms with Gasteiger partial charge in [0.25, 0.3) is 5.91 Å². The lowest BCUT2D eigenvalue weighted by atomic mass is 10.3. The predicted octanol–water partition coefficient (Wildman–Crippen LogP) is 0.439. The molecule has 20 heavy (non-hydrogen) atoms. The average Bonchev–Trinajstić information content (AvgIpc) is 3.12. The van der Waals surface area contributed by atoms with E-state index in [4.69, 9.17) is 0 Å². The maximum absolute atomic E-state index is 11.9. The van der Waals surface area contributed by atoms with Crippen molar-refractivity contribution in [1.29, 1.82) is 0 Å². The van der Waals surface area contributed by atoms with E-state index >= 15 is 0 Å². The van der Waals surface area contributed by atoms with Crippen molar-refractivity contribution >= 4 is 16.9 Å². The average molecular weight is 271 g/mol. The van der Waals surface area contributed by atoms with Crippen LogP contribution in [-0.4, -0.2) is 43.0 Å². The first kappa shape index (κ1) is 12.3. The topological polar surface area (TPSA) is 112 Å². The van der Waals surface area contributed by atoms with Gasteiger partial charge in [-0.3, -0.25) is 4.79 Å². The molecule has 1 amide bonds. The first-order chi connectivity index (χ1) is 9.83. The second kappa shape index (κ2) is 5.47. The molecule has 0 unspecified atom stereocenters. The number of aryl methyl sites for hydroxylation is 1. The second-order valence-corrected chi connectivity index (χ2v) is 4.29. The molecule has 0 fully saturated rings. The summed E-state index contributed by atoms with van der Waals surface area (Å²) >= 11 is 0. The number of H-pyrrole nitrogens is 2. The van der Waals surface area contributed by atoms with Crippen LogP contribution in [0, 0.1) is 0 Å². The van der Waals surface area contributed by atoms with Gasteiger partial charge >= 0.3 is 0 Å². The van der Waals surface area contributed by atoms with Crippen LogP contribution in [0.1, 0.15) is 22.9 Å². The van der Waals surface area contributed by atoms with E-state index in [1.165, 1.54) is 0 Å². The van der Waals surface area contributed by atoms with E-state index in [1.54, 1.807) is 0 Å². The Kier molecular flexibility index (Phi) is 3.36. The first-order valence-electron chi connectivity index (χ1n) is 6.28. The van der Waals surface area contributed by atoms with Crippen molar-refractivity contribution in [2.75, 3.05) is 6.54 Å². The van der Waals surface area contributed by atoms with Crippen molar-refractivity contribution in [1.82, 2.24) is 35.9 Å². The van der Waals surface area contributed by atoms with Crippen LogP contribution in [0.15, 0.2) is 24.3 Å². The molecular formula is C12H13N7O. The molecule has 3 aromatic rings. The normalized spacial score (nSPS) is 10.8. The smallest absolute Gasteiger partial charge is 0.287 e. The maximum Gasteiger partial charge on any atom is 0.287 e. The van der Waals surface area contributed by atoms with Crippen LogP contribution in [0.25, 0.3) is 11.0 Å². The molecule has 0 saturated carbocycles. The fraction of sp³-hybridized carbons (Fsp3) is 0.250. The molecule has 0 spiro atoms. The van der Waals surface area contributed by atoms with Crippen LogP contribution < -0.4 is 5.32 Å². The minimum atomic E-state index is -0.214. The van der Waals surface area contributed by atoms with Crippen molar-refractivity contribution in [3.8, 4) is 0 Å². The van der Waals surface area contributed by atoms with Gasteiger partial charge < -0.3 is 10.3 Å². The van der Waals surface area contributed by atoms with E-state index < -0.39 is 0 Å². The van der Waals surface area contributed by atoms with Gasteiger partial charge in [0.15, 0.2) is 11.6 Å². The van der Waals surface area contributed by atoms with E-state index in [2.05, 4.69) is 35.9 Å². The van der Waals surface area contributed by atoms with Crippen LogP contribution in [0.2, 0.25) is 0 Å². The minimum Gasteiger partial charge on any atom is -0.349 e. The first-order valence-corrected chi connectivity index (χ1v) is 6.28. The van der Waals surface area contributed by atoms with Crippen molar-refractivity contribution < 1.29 is 4.79 Å². The predicted molar refractivity (Wildman–Crippen MR) is 70.9 cm³/mol. The van der Waals surface area contributed by atoms with Gasteiger partial charge in [0.2, 0.25) is 0 Å². The standard InChI is InChI=1S/C12H13N7O/c20-12(13-7-3-6-10-16-18-19-17-10)11-14-8-4-1-2-5-9(8)15-11/h1-2,4-5H,3,6-7H2,(H,13,20)(H,14,15)(H,16,17,18,19). The Bertz CT molecular complexity index is 671. The summed E-state index contributed by atoms with van der Waals surface area (Å²) in [6.07, 6.45) is 1.41. The lowest BCUT2D eigenvalue weighted by Gasteiger charge is -2.00. The Balaban J connectivity index is 1.53. The van der Waals surface area contributed by atoms with Crippen LogP contribution in [0.4, 0.5) is 0 Å². The number of imidazole rings is 1. The Hall–Kier alpha value is -2.77. The van der Waals surface area contributed by atoms with E-state index in [9.17, 15) is 4.79 Å². The molecule has 1 aromatic carbocycles. The van der Waals surface area contributed by atoms with Gasteiger partial charge in [-0.1, -0.05) is 17.3 Å². The zero-order valence-corrected chi connectivity index (χ0v) is 10.6. The molecule has 3 N–H and O–H groups in total. The van der Waals surface area contributed by atoms with E-state index in [1.807, 2.05) is 24.3 Å². The molecule has 0 atom stereocenters. The highest BCUT2D eigenvalue weighted by molar-refractivity contribution is 5.94. The van der Waals surface area contributed by atoms with Crippen molar-refractivity contribution in [3.63, 3.8) is 0 Å². The van der Waals surface area contributed by atoms with E-state index in [0.29, 0.717) is 24.6 Å². The molecule has 0 radical (unpaired) electrons. The molecule has 102 valence electrons. The van der Waals surface area contributed by atoms with Gasteiger partial charge in [0.05, 0.1) is 11.0 Å². The largest absolute Gasteiger partial charge is 0.349 e. The van der Waals surface area contributed by atoms with Crippen molar-refractivity contribution in [2.24, 2.45) is 0 Å². The highest BCUT2D eigenvalue weighted by Gasteiger charge is 2.10. The number of rotatable bonds is 5. The number of carbonyl (C=O) groups is 1. The minimum absolute atomic E-state index is 0.214. The summed E-state index contributed by atoms with van der Waals surface area (Å²) in [5.41, 5.74) is 1.63. The highest BCUT2D eigenvalue weighted by Crippen LogP contribution is 2.09. The van der Waals surface area contributed by atoms with E-state index in [0.717, 1.165) is 17.5 Å². The number of amides is 1. The Morgan fingerprint density at radius 3 is 3.00 bits per heavy atom. The number of hydrogen-bond donors (Lipinski definition) is 3. The molecule has 3 rings (SSSR count). The summed E-state index contributed by atoms with van der Waals surface area (Å²) in [6.45, 7) is 0.532. The molecule has 0 saturated heterocycles. The molecular weight excluding hydrogens is 258 g/mol. The fourth-order valence-corrected chi connectivity index (χ4v) is 1.88. The van der Waals surface area contributed by atoms with Crippen LogP contribution in [-0.2, 0) is 6.42 Å². The Labute approximate surface area is 114 Å². The number of fused-ring (bicyclic) bond motifs is 1. The molecule has 8 nitrogen and oxygen atoms in total. The number of carbonyl (C=O) groups excluding carboxylic acids is 1. The quantitative estimate of drug-likeness (QED) is 0.583. The fourth-order valence-electron chi connectivity index (χ4n) is 1.88. The third-order valence-electron chi connectivity index (χ3n) is 2.86. The number of nitrogens with one attached hydrogen (secondary N) is 3. The number of aromatic nitrogens is 6. The maximum atomic E-state index is 11.9. The summed E-state index contributed by atoms with van der Waals surface area (Å²) < 4.78 is 0. The second-order valence-electron chi connectivity index (χ2n) is 4.29. The summed E-state index contributed by atoms with van der Waals surface area (Å²) in [7, 11) is 0. The molecule has 2 aromatic heterocycles. The number of hydrogen-bond acceptors (Lipinski definition) is 5. The molecule has 0 aliphatic carbocycles.